The number of halogens is 3. The number of nitrogens with zero attached hydrogens (tertiary/aromatic N) is 2. The SMILES string of the molecule is CC(O)CN(C)c1nc(C(F)(F)F)ccc1C(=N)N. The van der Waals surface area contributed by atoms with E-state index in [2.05, 4.69) is 4.98 Å². The van der Waals surface area contributed by atoms with E-state index in [4.69, 9.17) is 11.1 Å². The largest absolute Gasteiger partial charge is 0.433 e. The number of aliphatic hydroxyl groups is 1. The van der Waals surface area contributed by atoms with Crippen LogP contribution >= 0.6 is 0 Å². The van der Waals surface area contributed by atoms with Gasteiger partial charge in [-0.15, -0.1) is 0 Å². The number of likely N-dealkylation sites (N-methyl/N-ethyl adjacent to an activating group) is 1. The summed E-state index contributed by atoms with van der Waals surface area (Å²) in [4.78, 5) is 4.82. The predicted molar refractivity (Wildman–Crippen MR) is 65.2 cm³/mol. The first kappa shape index (κ1) is 15.2. The van der Waals surface area contributed by atoms with Crippen LogP contribution in [-0.4, -0.2) is 35.6 Å². The lowest BCUT2D eigenvalue weighted by molar-refractivity contribution is -0.141. The van der Waals surface area contributed by atoms with Crippen LogP contribution in [0.1, 0.15) is 18.2 Å². The zero-order valence-electron chi connectivity index (χ0n) is 10.5. The molecule has 1 heterocycles. The molecule has 0 amide bonds. The van der Waals surface area contributed by atoms with Crippen molar-refractivity contribution in [3.63, 3.8) is 0 Å². The fraction of sp³-hybridized carbons (Fsp3) is 0.455. The molecule has 0 aliphatic rings. The molecule has 0 radical (unpaired) electrons. The van der Waals surface area contributed by atoms with E-state index < -0.39 is 18.0 Å². The van der Waals surface area contributed by atoms with E-state index in [0.29, 0.717) is 0 Å². The molecule has 0 fully saturated rings. The molecule has 5 nitrogen and oxygen atoms in total. The topological polar surface area (TPSA) is 86.2 Å². The lowest BCUT2D eigenvalue weighted by atomic mass is 10.2. The second kappa shape index (κ2) is 5.43. The van der Waals surface area contributed by atoms with Gasteiger partial charge < -0.3 is 15.7 Å². The Bertz CT molecular complexity index is 473. The average molecular weight is 276 g/mol. The molecule has 0 saturated heterocycles. The van der Waals surface area contributed by atoms with E-state index in [1.54, 1.807) is 0 Å². The Morgan fingerprint density at radius 2 is 2.11 bits per heavy atom. The molecule has 8 heteroatoms. The number of nitrogens with one attached hydrogen (secondary N) is 1. The highest BCUT2D eigenvalue weighted by Gasteiger charge is 2.33. The van der Waals surface area contributed by atoms with Gasteiger partial charge in [0, 0.05) is 13.6 Å². The number of aromatic nitrogens is 1. The van der Waals surface area contributed by atoms with Crippen LogP contribution in [0, 0.1) is 5.41 Å². The van der Waals surface area contributed by atoms with Gasteiger partial charge in [0.25, 0.3) is 0 Å². The molecule has 0 spiro atoms. The average Bonchev–Trinajstić information content (AvgIpc) is 2.25. The second-order valence-electron chi connectivity index (χ2n) is 4.21. The number of nitrogen functional groups attached to an aromatic ring is 1. The van der Waals surface area contributed by atoms with E-state index in [1.165, 1.54) is 18.9 Å². The van der Waals surface area contributed by atoms with Crippen molar-refractivity contribution >= 4 is 11.7 Å². The molecule has 0 aliphatic heterocycles. The van der Waals surface area contributed by atoms with E-state index in [0.717, 1.165) is 12.1 Å². The summed E-state index contributed by atoms with van der Waals surface area (Å²) >= 11 is 0. The number of anilines is 1. The Kier molecular flexibility index (Phi) is 4.35. The number of rotatable bonds is 4. The van der Waals surface area contributed by atoms with Crippen molar-refractivity contribution in [3.8, 4) is 0 Å². The lowest BCUT2D eigenvalue weighted by Crippen LogP contribution is -2.30. The van der Waals surface area contributed by atoms with Gasteiger partial charge in [-0.3, -0.25) is 5.41 Å². The van der Waals surface area contributed by atoms with E-state index >= 15 is 0 Å². The molecule has 1 atom stereocenters. The summed E-state index contributed by atoms with van der Waals surface area (Å²) in [6.07, 6.45) is -5.32. The highest BCUT2D eigenvalue weighted by atomic mass is 19.4. The monoisotopic (exact) mass is 276 g/mol. The van der Waals surface area contributed by atoms with Crippen molar-refractivity contribution in [2.24, 2.45) is 5.73 Å². The second-order valence-corrected chi connectivity index (χ2v) is 4.21. The summed E-state index contributed by atoms with van der Waals surface area (Å²) in [6.45, 7) is 1.58. The zero-order valence-corrected chi connectivity index (χ0v) is 10.5. The maximum absolute atomic E-state index is 12.6. The first-order valence-corrected chi connectivity index (χ1v) is 5.44. The molecule has 0 aromatic carbocycles. The van der Waals surface area contributed by atoms with Gasteiger partial charge in [-0.1, -0.05) is 0 Å². The molecule has 0 aliphatic carbocycles. The summed E-state index contributed by atoms with van der Waals surface area (Å²) in [6, 6.07) is 1.88. The number of alkyl halides is 3. The van der Waals surface area contributed by atoms with Crippen LogP contribution in [0.15, 0.2) is 12.1 Å². The van der Waals surface area contributed by atoms with Gasteiger partial charge in [0.15, 0.2) is 0 Å². The van der Waals surface area contributed by atoms with Crippen molar-refractivity contribution in [2.75, 3.05) is 18.5 Å². The molecule has 106 valence electrons. The van der Waals surface area contributed by atoms with Crippen molar-refractivity contribution in [1.29, 1.82) is 5.41 Å². The molecular weight excluding hydrogens is 261 g/mol. The summed E-state index contributed by atoms with van der Waals surface area (Å²) in [5, 5.41) is 16.6. The Morgan fingerprint density at radius 1 is 1.53 bits per heavy atom. The maximum atomic E-state index is 12.6. The smallest absolute Gasteiger partial charge is 0.392 e. The number of pyridine rings is 1. The number of aliphatic hydroxyl groups excluding tert-OH is 1. The molecule has 4 N–H and O–H groups in total. The molecule has 1 aromatic heterocycles. The van der Waals surface area contributed by atoms with Gasteiger partial charge in [-0.25, -0.2) is 4.98 Å². The molecular formula is C11H15F3N4O. The van der Waals surface area contributed by atoms with Crippen LogP contribution in [0.2, 0.25) is 0 Å². The number of hydrogen-bond acceptors (Lipinski definition) is 4. The number of hydrogen-bond donors (Lipinski definition) is 3. The van der Waals surface area contributed by atoms with Crippen LogP contribution < -0.4 is 10.6 Å². The first-order valence-electron chi connectivity index (χ1n) is 5.44. The van der Waals surface area contributed by atoms with E-state index in [1.807, 2.05) is 0 Å². The van der Waals surface area contributed by atoms with Crippen LogP contribution in [0.3, 0.4) is 0 Å². The van der Waals surface area contributed by atoms with E-state index in [-0.39, 0.29) is 23.8 Å². The molecule has 1 rings (SSSR count). The maximum Gasteiger partial charge on any atom is 0.433 e. The minimum atomic E-state index is -4.57. The fourth-order valence-corrected chi connectivity index (χ4v) is 1.59. The van der Waals surface area contributed by atoms with Gasteiger partial charge in [-0.05, 0) is 19.1 Å². The highest BCUT2D eigenvalue weighted by molar-refractivity contribution is 5.99. The Hall–Kier alpha value is -1.83. The van der Waals surface area contributed by atoms with Gasteiger partial charge >= 0.3 is 6.18 Å². The van der Waals surface area contributed by atoms with Gasteiger partial charge in [0.2, 0.25) is 0 Å². The third-order valence-electron chi connectivity index (χ3n) is 2.36. The van der Waals surface area contributed by atoms with Crippen molar-refractivity contribution in [2.45, 2.75) is 19.2 Å². The predicted octanol–water partition coefficient (Wildman–Crippen LogP) is 1.20. The highest BCUT2D eigenvalue weighted by Crippen LogP contribution is 2.30. The summed E-state index contributed by atoms with van der Waals surface area (Å²) in [5.41, 5.74) is 4.34. The van der Waals surface area contributed by atoms with Gasteiger partial charge in [0.05, 0.1) is 11.7 Å². The molecule has 19 heavy (non-hydrogen) atoms. The van der Waals surface area contributed by atoms with Crippen LogP contribution in [0.5, 0.6) is 0 Å². The van der Waals surface area contributed by atoms with E-state index in [9.17, 15) is 18.3 Å². The van der Waals surface area contributed by atoms with Crippen molar-refractivity contribution in [3.05, 3.63) is 23.4 Å². The van der Waals surface area contributed by atoms with Gasteiger partial charge in [0.1, 0.15) is 17.3 Å². The Labute approximate surface area is 108 Å². The summed E-state index contributed by atoms with van der Waals surface area (Å²) in [7, 11) is 1.47. The normalized spacial score (nSPS) is 13.2. The lowest BCUT2D eigenvalue weighted by Gasteiger charge is -2.23. The third-order valence-corrected chi connectivity index (χ3v) is 2.36. The minimum absolute atomic E-state index is 0.0780. The Balaban J connectivity index is 3.27. The van der Waals surface area contributed by atoms with Crippen molar-refractivity contribution in [1.82, 2.24) is 4.98 Å². The Morgan fingerprint density at radius 3 is 2.53 bits per heavy atom. The third kappa shape index (κ3) is 3.82. The quantitative estimate of drug-likeness (QED) is 0.569. The number of nitrogens with two attached hydrogens (primary N) is 1. The van der Waals surface area contributed by atoms with Crippen molar-refractivity contribution < 1.29 is 18.3 Å². The molecule has 0 bridgehead atoms. The summed E-state index contributed by atoms with van der Waals surface area (Å²) in [5.74, 6) is -0.461. The molecule has 1 aromatic rings. The van der Waals surface area contributed by atoms with Crippen LogP contribution in [-0.2, 0) is 6.18 Å². The standard InChI is InChI=1S/C11H15F3N4O/c1-6(19)5-18(2)10-7(9(15)16)3-4-8(17-10)11(12,13)14/h3-4,6,19H,5H2,1-2H3,(H3,15,16). The van der Waals surface area contributed by atoms with Crippen LogP contribution in [0.25, 0.3) is 0 Å². The zero-order chi connectivity index (χ0) is 14.8. The first-order chi connectivity index (χ1) is 8.62. The van der Waals surface area contributed by atoms with Crippen LogP contribution in [0.4, 0.5) is 19.0 Å². The molecule has 0 saturated carbocycles. The van der Waals surface area contributed by atoms with Gasteiger partial charge in [-0.2, -0.15) is 13.2 Å². The summed E-state index contributed by atoms with van der Waals surface area (Å²) < 4.78 is 37.8. The molecule has 1 unspecified atom stereocenters. The number of amidine groups is 1. The minimum Gasteiger partial charge on any atom is -0.392 e. The fourth-order valence-electron chi connectivity index (χ4n) is 1.59.